The van der Waals surface area contributed by atoms with E-state index in [9.17, 15) is 8.42 Å². The molecule has 0 spiro atoms. The van der Waals surface area contributed by atoms with E-state index >= 15 is 0 Å². The molecule has 0 radical (unpaired) electrons. The monoisotopic (exact) mass is 348 g/mol. The first-order valence-corrected chi connectivity index (χ1v) is 9.93. The van der Waals surface area contributed by atoms with Crippen molar-refractivity contribution in [2.24, 2.45) is 0 Å². The predicted octanol–water partition coefficient (Wildman–Crippen LogP) is 2.26. The van der Waals surface area contributed by atoms with Crippen molar-refractivity contribution >= 4 is 10.0 Å². The van der Waals surface area contributed by atoms with Gasteiger partial charge in [-0.05, 0) is 24.5 Å². The van der Waals surface area contributed by atoms with Gasteiger partial charge >= 0.3 is 0 Å². The van der Waals surface area contributed by atoms with Crippen LogP contribution in [-0.4, -0.2) is 29.2 Å². The Kier molecular flexibility index (Phi) is 4.73. The summed E-state index contributed by atoms with van der Waals surface area (Å²) in [7, 11) is -3.53. The Morgan fingerprint density at radius 1 is 1.33 bits per heavy atom. The minimum Gasteiger partial charge on any atom is -0.248 e. The van der Waals surface area contributed by atoms with E-state index in [1.807, 2.05) is 23.7 Å². The highest BCUT2D eigenvalue weighted by molar-refractivity contribution is 7.89. The van der Waals surface area contributed by atoms with E-state index in [0.717, 1.165) is 30.1 Å². The number of fused-ring (bicyclic) bond motifs is 1. The van der Waals surface area contributed by atoms with Crippen molar-refractivity contribution in [3.63, 3.8) is 0 Å². The standard InChI is InChI=1S/C17H24N4O2S/c1-4-13-7-5-6-8-15(13)24(22,23)20-14-9-10-16-18-17(12(2)3)19-21(16)11-14/h5-8,12,14,20H,4,9-11H2,1-3H3/t14-/m1/s1. The number of rotatable bonds is 5. The molecule has 130 valence electrons. The summed E-state index contributed by atoms with van der Waals surface area (Å²) in [6.07, 6.45) is 2.17. The molecule has 1 N–H and O–H groups in total. The van der Waals surface area contributed by atoms with Crippen LogP contribution in [0.25, 0.3) is 0 Å². The van der Waals surface area contributed by atoms with Crippen molar-refractivity contribution in [3.8, 4) is 0 Å². The molecule has 2 aromatic rings. The average Bonchev–Trinajstić information content (AvgIpc) is 2.98. The normalized spacial score (nSPS) is 17.9. The lowest BCUT2D eigenvalue weighted by Crippen LogP contribution is -2.41. The minimum atomic E-state index is -3.53. The number of hydrogen-bond acceptors (Lipinski definition) is 4. The fourth-order valence-corrected chi connectivity index (χ4v) is 4.58. The maximum absolute atomic E-state index is 12.7. The maximum Gasteiger partial charge on any atom is 0.241 e. The Balaban J connectivity index is 1.79. The highest BCUT2D eigenvalue weighted by Gasteiger charge is 2.27. The van der Waals surface area contributed by atoms with Gasteiger partial charge in [-0.15, -0.1) is 0 Å². The number of hydrogen-bond donors (Lipinski definition) is 1. The second-order valence-corrected chi connectivity index (χ2v) is 8.22. The number of aryl methyl sites for hydroxylation is 2. The zero-order valence-corrected chi connectivity index (χ0v) is 15.2. The molecule has 3 rings (SSSR count). The third-order valence-corrected chi connectivity index (χ3v) is 5.98. The number of sulfonamides is 1. The molecule has 0 unspecified atom stereocenters. The van der Waals surface area contributed by atoms with Gasteiger partial charge in [-0.25, -0.2) is 22.8 Å². The molecule has 0 saturated heterocycles. The van der Waals surface area contributed by atoms with Crippen molar-refractivity contribution in [2.75, 3.05) is 0 Å². The molecule has 7 heteroatoms. The average molecular weight is 348 g/mol. The third-order valence-electron chi connectivity index (χ3n) is 4.36. The van der Waals surface area contributed by atoms with E-state index < -0.39 is 10.0 Å². The molecule has 6 nitrogen and oxygen atoms in total. The zero-order valence-electron chi connectivity index (χ0n) is 14.4. The van der Waals surface area contributed by atoms with Crippen LogP contribution in [0.2, 0.25) is 0 Å². The highest BCUT2D eigenvalue weighted by Crippen LogP contribution is 2.20. The molecular formula is C17H24N4O2S. The van der Waals surface area contributed by atoms with E-state index in [2.05, 4.69) is 28.7 Å². The lowest BCUT2D eigenvalue weighted by Gasteiger charge is -2.23. The molecule has 1 atom stereocenters. The van der Waals surface area contributed by atoms with E-state index in [4.69, 9.17) is 0 Å². The summed E-state index contributed by atoms with van der Waals surface area (Å²) < 4.78 is 30.2. The summed E-state index contributed by atoms with van der Waals surface area (Å²) in [5.74, 6) is 2.04. The number of aromatic nitrogens is 3. The zero-order chi connectivity index (χ0) is 17.3. The van der Waals surface area contributed by atoms with Crippen molar-refractivity contribution in [1.29, 1.82) is 0 Å². The topological polar surface area (TPSA) is 76.9 Å². The van der Waals surface area contributed by atoms with Crippen LogP contribution in [0.5, 0.6) is 0 Å². The van der Waals surface area contributed by atoms with Crippen molar-refractivity contribution < 1.29 is 8.42 Å². The highest BCUT2D eigenvalue weighted by atomic mass is 32.2. The minimum absolute atomic E-state index is 0.158. The second-order valence-electron chi connectivity index (χ2n) is 6.54. The molecule has 0 amide bonds. The van der Waals surface area contributed by atoms with Gasteiger partial charge in [0.15, 0.2) is 5.82 Å². The largest absolute Gasteiger partial charge is 0.248 e. The summed E-state index contributed by atoms with van der Waals surface area (Å²) in [6, 6.07) is 7.00. The van der Waals surface area contributed by atoms with Gasteiger partial charge < -0.3 is 0 Å². The molecule has 1 aromatic heterocycles. The van der Waals surface area contributed by atoms with Gasteiger partial charge in [0, 0.05) is 18.4 Å². The summed E-state index contributed by atoms with van der Waals surface area (Å²) in [6.45, 7) is 6.61. The molecular weight excluding hydrogens is 324 g/mol. The Labute approximate surface area is 143 Å². The Morgan fingerprint density at radius 2 is 2.08 bits per heavy atom. The van der Waals surface area contributed by atoms with Crippen LogP contribution in [0.4, 0.5) is 0 Å². The molecule has 2 heterocycles. The smallest absolute Gasteiger partial charge is 0.241 e. The Bertz CT molecular complexity index is 827. The van der Waals surface area contributed by atoms with Gasteiger partial charge in [0.2, 0.25) is 10.0 Å². The van der Waals surface area contributed by atoms with Gasteiger partial charge in [0.05, 0.1) is 11.4 Å². The first kappa shape index (κ1) is 17.1. The van der Waals surface area contributed by atoms with Gasteiger partial charge in [-0.2, -0.15) is 5.10 Å². The lowest BCUT2D eigenvalue weighted by atomic mass is 10.1. The van der Waals surface area contributed by atoms with Gasteiger partial charge in [0.25, 0.3) is 0 Å². The van der Waals surface area contributed by atoms with Crippen molar-refractivity contribution in [3.05, 3.63) is 41.5 Å². The Morgan fingerprint density at radius 3 is 2.79 bits per heavy atom. The fourth-order valence-electron chi connectivity index (χ4n) is 3.01. The van der Waals surface area contributed by atoms with Crippen LogP contribution in [0.1, 0.15) is 50.3 Å². The van der Waals surface area contributed by atoms with E-state index in [1.165, 1.54) is 0 Å². The van der Waals surface area contributed by atoms with Crippen LogP contribution >= 0.6 is 0 Å². The van der Waals surface area contributed by atoms with Gasteiger partial charge in [-0.1, -0.05) is 39.0 Å². The first-order valence-electron chi connectivity index (χ1n) is 8.44. The van der Waals surface area contributed by atoms with Crippen LogP contribution < -0.4 is 4.72 Å². The molecule has 0 aliphatic carbocycles. The first-order chi connectivity index (χ1) is 11.4. The van der Waals surface area contributed by atoms with Crippen molar-refractivity contribution in [2.45, 2.75) is 63.4 Å². The molecule has 1 aliphatic rings. The molecule has 0 fully saturated rings. The van der Waals surface area contributed by atoms with E-state index in [0.29, 0.717) is 17.9 Å². The van der Waals surface area contributed by atoms with Crippen molar-refractivity contribution in [1.82, 2.24) is 19.5 Å². The van der Waals surface area contributed by atoms with E-state index in [-0.39, 0.29) is 12.0 Å². The molecule has 1 aliphatic heterocycles. The second kappa shape index (κ2) is 6.64. The van der Waals surface area contributed by atoms with Crippen LogP contribution in [0.15, 0.2) is 29.2 Å². The predicted molar refractivity (Wildman–Crippen MR) is 92.4 cm³/mol. The summed E-state index contributed by atoms with van der Waals surface area (Å²) >= 11 is 0. The SMILES string of the molecule is CCc1ccccc1S(=O)(=O)N[C@@H]1CCc2nc(C(C)C)nn2C1. The summed E-state index contributed by atoms with van der Waals surface area (Å²) in [5.41, 5.74) is 0.837. The van der Waals surface area contributed by atoms with Crippen LogP contribution in [-0.2, 0) is 29.4 Å². The van der Waals surface area contributed by atoms with Crippen LogP contribution in [0, 0.1) is 0 Å². The lowest BCUT2D eigenvalue weighted by molar-refractivity contribution is 0.394. The number of nitrogens with zero attached hydrogens (tertiary/aromatic N) is 3. The number of nitrogens with one attached hydrogen (secondary N) is 1. The van der Waals surface area contributed by atoms with Crippen LogP contribution in [0.3, 0.4) is 0 Å². The molecule has 24 heavy (non-hydrogen) atoms. The fraction of sp³-hybridized carbons (Fsp3) is 0.529. The Hall–Kier alpha value is -1.73. The maximum atomic E-state index is 12.7. The summed E-state index contributed by atoms with van der Waals surface area (Å²) in [5, 5.41) is 4.51. The quantitative estimate of drug-likeness (QED) is 0.899. The third kappa shape index (κ3) is 3.37. The molecule has 1 aromatic carbocycles. The van der Waals surface area contributed by atoms with E-state index in [1.54, 1.807) is 12.1 Å². The molecule has 0 saturated carbocycles. The van der Waals surface area contributed by atoms with Gasteiger partial charge in [0.1, 0.15) is 5.82 Å². The van der Waals surface area contributed by atoms with Gasteiger partial charge in [-0.3, -0.25) is 0 Å². The number of benzene rings is 1. The summed E-state index contributed by atoms with van der Waals surface area (Å²) in [4.78, 5) is 4.92. The molecule has 0 bridgehead atoms.